The fraction of sp³-hybridized carbons (Fsp3) is 0.167. The van der Waals surface area contributed by atoms with Crippen LogP contribution in [0.5, 0.6) is 11.5 Å². The molecule has 5 heteroatoms. The summed E-state index contributed by atoms with van der Waals surface area (Å²) in [6.07, 6.45) is 0. The number of furan rings is 1. The summed E-state index contributed by atoms with van der Waals surface area (Å²) in [5, 5.41) is 3.38. The number of hydrogen-bond acceptors (Lipinski definition) is 4. The summed E-state index contributed by atoms with van der Waals surface area (Å²) in [4.78, 5) is 12.4. The molecule has 118 valence electrons. The van der Waals surface area contributed by atoms with Crippen molar-refractivity contribution in [3.63, 3.8) is 0 Å². The van der Waals surface area contributed by atoms with E-state index in [9.17, 15) is 4.79 Å². The Morgan fingerprint density at radius 2 is 1.65 bits per heavy atom. The Hall–Kier alpha value is -2.95. The van der Waals surface area contributed by atoms with E-state index in [4.69, 9.17) is 13.9 Å². The van der Waals surface area contributed by atoms with Gasteiger partial charge in [-0.05, 0) is 42.5 Å². The van der Waals surface area contributed by atoms with E-state index in [1.165, 1.54) is 0 Å². The molecule has 0 aliphatic rings. The first kappa shape index (κ1) is 15.0. The normalized spacial score (nSPS) is 10.6. The fourth-order valence-electron chi connectivity index (χ4n) is 2.50. The highest BCUT2D eigenvalue weighted by Crippen LogP contribution is 2.36. The average molecular weight is 311 g/mol. The number of amides is 1. The molecule has 0 aliphatic heterocycles. The molecule has 0 spiro atoms. The van der Waals surface area contributed by atoms with Crippen molar-refractivity contribution in [2.24, 2.45) is 0 Å². The third-order valence-corrected chi connectivity index (χ3v) is 3.70. The number of ether oxygens (including phenoxy) is 2. The Labute approximate surface area is 133 Å². The number of hydrogen-bond donors (Lipinski definition) is 1. The predicted octanol–water partition coefficient (Wildman–Crippen LogP) is 3.48. The second-order valence-electron chi connectivity index (χ2n) is 4.98. The van der Waals surface area contributed by atoms with Gasteiger partial charge in [0, 0.05) is 18.0 Å². The van der Waals surface area contributed by atoms with Crippen LogP contribution in [0, 0.1) is 0 Å². The highest BCUT2D eigenvalue weighted by atomic mass is 16.5. The smallest absolute Gasteiger partial charge is 0.255 e. The summed E-state index contributed by atoms with van der Waals surface area (Å²) in [6, 6.07) is 12.8. The number of rotatable bonds is 4. The minimum Gasteiger partial charge on any atom is -0.497 e. The van der Waals surface area contributed by atoms with E-state index in [0.717, 1.165) is 16.7 Å². The molecule has 1 N–H and O–H groups in total. The molecule has 0 fully saturated rings. The predicted molar refractivity (Wildman–Crippen MR) is 88.1 cm³/mol. The molecule has 3 rings (SSSR count). The van der Waals surface area contributed by atoms with Crippen molar-refractivity contribution in [2.75, 3.05) is 21.3 Å². The molecule has 0 saturated heterocycles. The summed E-state index contributed by atoms with van der Waals surface area (Å²) in [6.45, 7) is 0. The van der Waals surface area contributed by atoms with E-state index in [0.29, 0.717) is 22.7 Å². The van der Waals surface area contributed by atoms with Gasteiger partial charge in [0.25, 0.3) is 5.91 Å². The summed E-state index contributed by atoms with van der Waals surface area (Å²) < 4.78 is 16.3. The van der Waals surface area contributed by atoms with Gasteiger partial charge in [-0.25, -0.2) is 0 Å². The SMILES string of the molecule is CNC(=O)c1c(-c2ccc(OC)cc2)oc2ccc(OC)cc12. The molecule has 0 radical (unpaired) electrons. The van der Waals surface area contributed by atoms with Crippen LogP contribution in [0.25, 0.3) is 22.3 Å². The van der Waals surface area contributed by atoms with Gasteiger partial charge < -0.3 is 19.2 Å². The number of carbonyl (C=O) groups excluding carboxylic acids is 1. The van der Waals surface area contributed by atoms with Crippen molar-refractivity contribution in [3.8, 4) is 22.8 Å². The zero-order valence-electron chi connectivity index (χ0n) is 13.2. The first-order valence-electron chi connectivity index (χ1n) is 7.15. The van der Waals surface area contributed by atoms with Gasteiger partial charge >= 0.3 is 0 Å². The number of nitrogens with one attached hydrogen (secondary N) is 1. The number of methoxy groups -OCH3 is 2. The van der Waals surface area contributed by atoms with Gasteiger partial charge in [0.1, 0.15) is 22.8 Å². The summed E-state index contributed by atoms with van der Waals surface area (Å²) in [5.41, 5.74) is 1.93. The van der Waals surface area contributed by atoms with Crippen molar-refractivity contribution < 1.29 is 18.7 Å². The van der Waals surface area contributed by atoms with Gasteiger partial charge in [-0.2, -0.15) is 0 Å². The lowest BCUT2D eigenvalue weighted by atomic mass is 10.0. The number of carbonyl (C=O) groups is 1. The Bertz CT molecular complexity index is 849. The Balaban J connectivity index is 2.23. The quantitative estimate of drug-likeness (QED) is 0.801. The van der Waals surface area contributed by atoms with Crippen LogP contribution in [0.3, 0.4) is 0 Å². The molecular formula is C18H17NO4. The molecule has 0 unspecified atom stereocenters. The third-order valence-electron chi connectivity index (χ3n) is 3.70. The van der Waals surface area contributed by atoms with Crippen molar-refractivity contribution in [1.29, 1.82) is 0 Å². The van der Waals surface area contributed by atoms with E-state index in [2.05, 4.69) is 5.32 Å². The highest BCUT2D eigenvalue weighted by Gasteiger charge is 2.21. The second kappa shape index (κ2) is 6.04. The Kier molecular flexibility index (Phi) is 3.93. The van der Waals surface area contributed by atoms with Gasteiger partial charge in [0.15, 0.2) is 0 Å². The fourth-order valence-corrected chi connectivity index (χ4v) is 2.50. The first-order valence-corrected chi connectivity index (χ1v) is 7.15. The van der Waals surface area contributed by atoms with E-state index in [1.54, 1.807) is 39.5 Å². The van der Waals surface area contributed by atoms with Crippen LogP contribution in [0.15, 0.2) is 46.9 Å². The molecule has 0 bridgehead atoms. The molecule has 0 atom stereocenters. The van der Waals surface area contributed by atoms with Gasteiger partial charge in [-0.15, -0.1) is 0 Å². The summed E-state index contributed by atoms with van der Waals surface area (Å²) in [5.74, 6) is 1.73. The zero-order chi connectivity index (χ0) is 16.4. The van der Waals surface area contributed by atoms with Crippen LogP contribution >= 0.6 is 0 Å². The summed E-state index contributed by atoms with van der Waals surface area (Å²) in [7, 11) is 4.79. The van der Waals surface area contributed by atoms with Gasteiger partial charge in [0.2, 0.25) is 0 Å². The van der Waals surface area contributed by atoms with Gasteiger partial charge in [-0.1, -0.05) is 0 Å². The topological polar surface area (TPSA) is 60.7 Å². The molecule has 0 aliphatic carbocycles. The molecule has 1 amide bonds. The van der Waals surface area contributed by atoms with Gasteiger partial charge in [0.05, 0.1) is 19.8 Å². The maximum atomic E-state index is 12.4. The molecule has 23 heavy (non-hydrogen) atoms. The standard InChI is InChI=1S/C18H17NO4/c1-19-18(20)16-14-10-13(22-3)8-9-15(14)23-17(16)11-4-6-12(21-2)7-5-11/h4-10H,1-3H3,(H,19,20). The highest BCUT2D eigenvalue weighted by molar-refractivity contribution is 6.11. The molecule has 5 nitrogen and oxygen atoms in total. The minimum absolute atomic E-state index is 0.206. The largest absolute Gasteiger partial charge is 0.497 e. The molecule has 2 aromatic carbocycles. The van der Waals surface area contributed by atoms with E-state index >= 15 is 0 Å². The Morgan fingerprint density at radius 1 is 1.00 bits per heavy atom. The lowest BCUT2D eigenvalue weighted by molar-refractivity contribution is 0.0964. The minimum atomic E-state index is -0.206. The number of benzene rings is 2. The maximum Gasteiger partial charge on any atom is 0.255 e. The van der Waals surface area contributed by atoms with E-state index in [-0.39, 0.29) is 5.91 Å². The molecule has 0 saturated carbocycles. The lowest BCUT2D eigenvalue weighted by Crippen LogP contribution is -2.18. The molecule has 1 aromatic heterocycles. The number of fused-ring (bicyclic) bond motifs is 1. The van der Waals surface area contributed by atoms with Gasteiger partial charge in [-0.3, -0.25) is 4.79 Å². The second-order valence-corrected chi connectivity index (χ2v) is 4.98. The van der Waals surface area contributed by atoms with Crippen LogP contribution in [0.1, 0.15) is 10.4 Å². The van der Waals surface area contributed by atoms with Crippen molar-refractivity contribution in [1.82, 2.24) is 5.32 Å². The van der Waals surface area contributed by atoms with Crippen LogP contribution in [-0.2, 0) is 0 Å². The van der Waals surface area contributed by atoms with E-state index < -0.39 is 0 Å². The van der Waals surface area contributed by atoms with Crippen LogP contribution < -0.4 is 14.8 Å². The Morgan fingerprint density at radius 3 is 2.26 bits per heavy atom. The van der Waals surface area contributed by atoms with Crippen LogP contribution in [0.2, 0.25) is 0 Å². The molecule has 1 heterocycles. The van der Waals surface area contributed by atoms with E-state index in [1.807, 2.05) is 24.3 Å². The van der Waals surface area contributed by atoms with Crippen molar-refractivity contribution in [3.05, 3.63) is 48.0 Å². The lowest BCUT2D eigenvalue weighted by Gasteiger charge is -2.04. The molecular weight excluding hydrogens is 294 g/mol. The third kappa shape index (κ3) is 2.61. The maximum absolute atomic E-state index is 12.4. The van der Waals surface area contributed by atoms with Crippen molar-refractivity contribution in [2.45, 2.75) is 0 Å². The molecule has 3 aromatic rings. The zero-order valence-corrected chi connectivity index (χ0v) is 13.2. The summed E-state index contributed by atoms with van der Waals surface area (Å²) >= 11 is 0. The van der Waals surface area contributed by atoms with Crippen molar-refractivity contribution >= 4 is 16.9 Å². The van der Waals surface area contributed by atoms with Crippen LogP contribution in [-0.4, -0.2) is 27.2 Å². The van der Waals surface area contributed by atoms with Crippen LogP contribution in [0.4, 0.5) is 0 Å². The first-order chi connectivity index (χ1) is 11.2. The monoisotopic (exact) mass is 311 g/mol. The average Bonchev–Trinajstić information content (AvgIpc) is 2.99.